The second kappa shape index (κ2) is 5.68. The highest BCUT2D eigenvalue weighted by atomic mass is 32.2. The molecule has 2 atom stereocenters. The van der Waals surface area contributed by atoms with E-state index >= 15 is 0 Å². The summed E-state index contributed by atoms with van der Waals surface area (Å²) in [6, 6.07) is 8.96. The summed E-state index contributed by atoms with van der Waals surface area (Å²) in [5.41, 5.74) is 0.614. The fourth-order valence-corrected chi connectivity index (χ4v) is 5.83. The van der Waals surface area contributed by atoms with Gasteiger partial charge in [0, 0.05) is 20.2 Å². The molecule has 0 aliphatic carbocycles. The SMILES string of the molecule is COC(=O)N1CC[C@@]2(C1)[C@H](OC)CN(c1ccccc1)S2(=O)=O. The standard InChI is InChI=1S/C15H20N2O5S/c1-21-13-10-17(12-6-4-3-5-7-12)23(19,20)15(13)8-9-16(11-15)14(18)22-2/h3-7,13H,8-11H2,1-2H3/t13-,15-/m1/s1. The summed E-state index contributed by atoms with van der Waals surface area (Å²) in [4.78, 5) is 13.2. The van der Waals surface area contributed by atoms with Gasteiger partial charge in [-0.05, 0) is 18.6 Å². The number of benzene rings is 1. The molecule has 7 nitrogen and oxygen atoms in total. The van der Waals surface area contributed by atoms with Crippen LogP contribution in [0.5, 0.6) is 0 Å². The summed E-state index contributed by atoms with van der Waals surface area (Å²) in [5, 5.41) is 0. The van der Waals surface area contributed by atoms with Crippen LogP contribution in [0.15, 0.2) is 30.3 Å². The molecule has 0 aromatic heterocycles. The van der Waals surface area contributed by atoms with Crippen molar-refractivity contribution in [1.82, 2.24) is 4.90 Å². The molecule has 23 heavy (non-hydrogen) atoms. The average molecular weight is 340 g/mol. The van der Waals surface area contributed by atoms with E-state index in [-0.39, 0.29) is 13.1 Å². The minimum absolute atomic E-state index is 0.0871. The van der Waals surface area contributed by atoms with Crippen molar-refractivity contribution in [2.75, 3.05) is 38.2 Å². The number of likely N-dealkylation sites (tertiary alicyclic amines) is 1. The Kier molecular flexibility index (Phi) is 3.97. The molecule has 0 N–H and O–H groups in total. The van der Waals surface area contributed by atoms with Gasteiger partial charge in [-0.1, -0.05) is 18.2 Å². The molecule has 0 saturated carbocycles. The largest absolute Gasteiger partial charge is 0.453 e. The van der Waals surface area contributed by atoms with E-state index < -0.39 is 27.0 Å². The van der Waals surface area contributed by atoms with Crippen LogP contribution in [0.2, 0.25) is 0 Å². The molecule has 1 aromatic carbocycles. The van der Waals surface area contributed by atoms with Crippen LogP contribution in [-0.4, -0.2) is 64.1 Å². The molecular weight excluding hydrogens is 320 g/mol. The Morgan fingerprint density at radius 3 is 2.57 bits per heavy atom. The van der Waals surface area contributed by atoms with Crippen LogP contribution in [0.4, 0.5) is 10.5 Å². The van der Waals surface area contributed by atoms with Crippen LogP contribution in [0.1, 0.15) is 6.42 Å². The van der Waals surface area contributed by atoms with E-state index in [9.17, 15) is 13.2 Å². The Morgan fingerprint density at radius 1 is 1.26 bits per heavy atom. The summed E-state index contributed by atoms with van der Waals surface area (Å²) in [6.07, 6.45) is -0.667. The van der Waals surface area contributed by atoms with E-state index in [1.54, 1.807) is 24.3 Å². The van der Waals surface area contributed by atoms with Gasteiger partial charge in [0.15, 0.2) is 0 Å². The van der Waals surface area contributed by atoms with Gasteiger partial charge in [0.2, 0.25) is 10.0 Å². The highest BCUT2D eigenvalue weighted by Crippen LogP contribution is 2.44. The second-order valence-electron chi connectivity index (χ2n) is 5.80. The number of nitrogens with zero attached hydrogens (tertiary/aromatic N) is 2. The summed E-state index contributed by atoms with van der Waals surface area (Å²) < 4.78 is 36.9. The molecule has 1 aromatic rings. The molecule has 8 heteroatoms. The van der Waals surface area contributed by atoms with Crippen molar-refractivity contribution in [3.8, 4) is 0 Å². The lowest BCUT2D eigenvalue weighted by atomic mass is 10.0. The first-order valence-corrected chi connectivity index (χ1v) is 8.83. The zero-order valence-electron chi connectivity index (χ0n) is 13.1. The number of carbonyl (C=O) groups excluding carboxylic acids is 1. The van der Waals surface area contributed by atoms with Crippen molar-refractivity contribution in [2.24, 2.45) is 0 Å². The molecule has 2 heterocycles. The van der Waals surface area contributed by atoms with Crippen LogP contribution in [0, 0.1) is 0 Å². The number of rotatable bonds is 2. The summed E-state index contributed by atoms with van der Waals surface area (Å²) in [5.74, 6) is 0. The number of amides is 1. The molecule has 1 spiro atoms. The van der Waals surface area contributed by atoms with E-state index in [4.69, 9.17) is 9.47 Å². The number of anilines is 1. The van der Waals surface area contributed by atoms with Crippen LogP contribution in [-0.2, 0) is 19.5 Å². The Hall–Kier alpha value is -1.80. The number of ether oxygens (including phenoxy) is 2. The van der Waals surface area contributed by atoms with Gasteiger partial charge >= 0.3 is 6.09 Å². The van der Waals surface area contributed by atoms with E-state index in [1.807, 2.05) is 6.07 Å². The van der Waals surface area contributed by atoms with Gasteiger partial charge in [-0.2, -0.15) is 0 Å². The third-order valence-corrected chi connectivity index (χ3v) is 7.31. The number of para-hydroxylation sites is 1. The van der Waals surface area contributed by atoms with Gasteiger partial charge in [-0.15, -0.1) is 0 Å². The monoisotopic (exact) mass is 340 g/mol. The van der Waals surface area contributed by atoms with Crippen molar-refractivity contribution < 1.29 is 22.7 Å². The molecule has 2 aliphatic heterocycles. The van der Waals surface area contributed by atoms with Gasteiger partial charge in [0.05, 0.1) is 25.4 Å². The first-order valence-electron chi connectivity index (χ1n) is 7.39. The smallest absolute Gasteiger partial charge is 0.409 e. The Morgan fingerprint density at radius 2 is 1.96 bits per heavy atom. The molecule has 2 aliphatic rings. The normalized spacial score (nSPS) is 29.2. The number of hydrogen-bond donors (Lipinski definition) is 0. The topological polar surface area (TPSA) is 76.2 Å². The first kappa shape index (κ1) is 16.1. The fourth-order valence-electron chi connectivity index (χ4n) is 3.49. The second-order valence-corrected chi connectivity index (χ2v) is 8.01. The number of sulfonamides is 1. The summed E-state index contributed by atoms with van der Waals surface area (Å²) in [6.45, 7) is 0.677. The van der Waals surface area contributed by atoms with Gasteiger partial charge in [-0.3, -0.25) is 4.31 Å². The highest BCUT2D eigenvalue weighted by Gasteiger charge is 2.63. The average Bonchev–Trinajstić information content (AvgIpc) is 3.10. The van der Waals surface area contributed by atoms with Gasteiger partial charge in [0.25, 0.3) is 0 Å². The molecule has 0 unspecified atom stereocenters. The van der Waals surface area contributed by atoms with E-state index in [2.05, 4.69) is 0 Å². The van der Waals surface area contributed by atoms with Crippen molar-refractivity contribution in [3.63, 3.8) is 0 Å². The lowest BCUT2D eigenvalue weighted by Crippen LogP contribution is -2.49. The molecule has 0 bridgehead atoms. The number of methoxy groups -OCH3 is 2. The summed E-state index contributed by atoms with van der Waals surface area (Å²) in [7, 11) is -0.854. The zero-order valence-corrected chi connectivity index (χ0v) is 14.0. The maximum atomic E-state index is 13.2. The van der Waals surface area contributed by atoms with Gasteiger partial charge in [-0.25, -0.2) is 13.2 Å². The van der Waals surface area contributed by atoms with Crippen LogP contribution < -0.4 is 4.31 Å². The summed E-state index contributed by atoms with van der Waals surface area (Å²) >= 11 is 0. The maximum Gasteiger partial charge on any atom is 0.409 e. The Bertz CT molecular complexity index is 693. The molecule has 126 valence electrons. The highest BCUT2D eigenvalue weighted by molar-refractivity contribution is 7.94. The van der Waals surface area contributed by atoms with Gasteiger partial charge in [0.1, 0.15) is 4.75 Å². The molecule has 3 rings (SSSR count). The first-order chi connectivity index (χ1) is 11.0. The molecule has 1 amide bonds. The zero-order chi connectivity index (χ0) is 16.7. The van der Waals surface area contributed by atoms with E-state index in [0.29, 0.717) is 18.7 Å². The molecule has 2 fully saturated rings. The van der Waals surface area contributed by atoms with Crippen molar-refractivity contribution in [1.29, 1.82) is 0 Å². The van der Waals surface area contributed by atoms with Crippen LogP contribution in [0.3, 0.4) is 0 Å². The molecule has 0 radical (unpaired) electrons. The Labute approximate surface area is 135 Å². The third-order valence-electron chi connectivity index (χ3n) is 4.75. The minimum atomic E-state index is -3.66. The predicted octanol–water partition coefficient (Wildman–Crippen LogP) is 1.06. The fraction of sp³-hybridized carbons (Fsp3) is 0.533. The number of hydrogen-bond acceptors (Lipinski definition) is 5. The lowest BCUT2D eigenvalue weighted by Gasteiger charge is -2.28. The quantitative estimate of drug-likeness (QED) is 0.805. The van der Waals surface area contributed by atoms with E-state index in [1.165, 1.54) is 23.4 Å². The maximum absolute atomic E-state index is 13.2. The van der Waals surface area contributed by atoms with Gasteiger partial charge < -0.3 is 14.4 Å². The molecule has 2 saturated heterocycles. The van der Waals surface area contributed by atoms with Crippen molar-refractivity contribution >= 4 is 21.8 Å². The molecular formula is C15H20N2O5S. The van der Waals surface area contributed by atoms with E-state index in [0.717, 1.165) is 0 Å². The van der Waals surface area contributed by atoms with Crippen molar-refractivity contribution in [3.05, 3.63) is 30.3 Å². The Balaban J connectivity index is 1.99. The third kappa shape index (κ3) is 2.28. The minimum Gasteiger partial charge on any atom is -0.453 e. The lowest BCUT2D eigenvalue weighted by molar-refractivity contribution is 0.0803. The predicted molar refractivity (Wildman–Crippen MR) is 84.8 cm³/mol. The van der Waals surface area contributed by atoms with Crippen molar-refractivity contribution in [2.45, 2.75) is 17.3 Å². The number of carbonyl (C=O) groups is 1. The van der Waals surface area contributed by atoms with Crippen LogP contribution >= 0.6 is 0 Å². The van der Waals surface area contributed by atoms with Crippen LogP contribution in [0.25, 0.3) is 0 Å².